The van der Waals surface area contributed by atoms with Crippen molar-refractivity contribution < 1.29 is 9.53 Å². The van der Waals surface area contributed by atoms with Crippen LogP contribution >= 0.6 is 0 Å². The van der Waals surface area contributed by atoms with Crippen LogP contribution in [0.1, 0.15) is 65.2 Å². The average molecular weight is 241 g/mol. The van der Waals surface area contributed by atoms with E-state index in [0.29, 0.717) is 12.6 Å². The van der Waals surface area contributed by atoms with Gasteiger partial charge in [-0.25, -0.2) is 4.79 Å². The van der Waals surface area contributed by atoms with E-state index in [2.05, 4.69) is 13.8 Å². The summed E-state index contributed by atoms with van der Waals surface area (Å²) in [6.07, 6.45) is 9.06. The van der Waals surface area contributed by atoms with E-state index >= 15 is 0 Å². The Labute approximate surface area is 106 Å². The number of piperidine rings is 1. The maximum atomic E-state index is 12.0. The molecule has 0 aromatic heterocycles. The molecule has 100 valence electrons. The minimum atomic E-state index is -0.0840. The first-order valence-electron chi connectivity index (χ1n) is 7.23. The van der Waals surface area contributed by atoms with E-state index in [9.17, 15) is 4.79 Å². The minimum Gasteiger partial charge on any atom is -0.449 e. The van der Waals surface area contributed by atoms with E-state index in [-0.39, 0.29) is 6.09 Å². The molecule has 0 bridgehead atoms. The van der Waals surface area contributed by atoms with Crippen LogP contribution in [-0.2, 0) is 4.74 Å². The molecule has 3 heteroatoms. The summed E-state index contributed by atoms with van der Waals surface area (Å²) in [7, 11) is 0. The van der Waals surface area contributed by atoms with E-state index in [1.54, 1.807) is 0 Å². The number of unbranched alkanes of at least 4 members (excludes halogenated alkanes) is 2. The lowest BCUT2D eigenvalue weighted by atomic mass is 9.98. The minimum absolute atomic E-state index is 0.0840. The van der Waals surface area contributed by atoms with Gasteiger partial charge in [0.05, 0.1) is 6.61 Å². The Morgan fingerprint density at radius 1 is 1.24 bits per heavy atom. The standard InChI is InChI=1S/C14H27NO2/c1-3-5-9-13-10-7-8-11-15(13)14(16)17-12-6-4-2/h13H,3-12H2,1-2H3. The average Bonchev–Trinajstić information content (AvgIpc) is 2.37. The molecule has 1 amide bonds. The summed E-state index contributed by atoms with van der Waals surface area (Å²) in [5.41, 5.74) is 0. The Hall–Kier alpha value is -0.730. The van der Waals surface area contributed by atoms with E-state index in [4.69, 9.17) is 4.74 Å². The number of hydrogen-bond donors (Lipinski definition) is 0. The molecule has 1 atom stereocenters. The van der Waals surface area contributed by atoms with Crippen molar-refractivity contribution in [2.75, 3.05) is 13.2 Å². The summed E-state index contributed by atoms with van der Waals surface area (Å²) in [6.45, 7) is 5.77. The van der Waals surface area contributed by atoms with Crippen LogP contribution in [0, 0.1) is 0 Å². The second kappa shape index (κ2) is 8.37. The van der Waals surface area contributed by atoms with Gasteiger partial charge in [0.25, 0.3) is 0 Å². The SMILES string of the molecule is CCCCOC(=O)N1CCCCC1CCCC. The third kappa shape index (κ3) is 4.97. The molecule has 0 saturated carbocycles. The summed E-state index contributed by atoms with van der Waals surface area (Å²) in [5.74, 6) is 0. The van der Waals surface area contributed by atoms with Gasteiger partial charge in [0.2, 0.25) is 0 Å². The van der Waals surface area contributed by atoms with Gasteiger partial charge in [0.15, 0.2) is 0 Å². The Bertz CT molecular complexity index is 218. The number of hydrogen-bond acceptors (Lipinski definition) is 2. The number of nitrogens with zero attached hydrogens (tertiary/aromatic N) is 1. The van der Waals surface area contributed by atoms with E-state index in [1.165, 1.54) is 19.3 Å². The third-order valence-corrected chi connectivity index (χ3v) is 3.48. The van der Waals surface area contributed by atoms with Crippen molar-refractivity contribution in [1.82, 2.24) is 4.90 Å². The fraction of sp³-hybridized carbons (Fsp3) is 0.929. The van der Waals surface area contributed by atoms with Crippen molar-refractivity contribution in [3.05, 3.63) is 0 Å². The van der Waals surface area contributed by atoms with Gasteiger partial charge in [-0.15, -0.1) is 0 Å². The van der Waals surface area contributed by atoms with Gasteiger partial charge in [-0.1, -0.05) is 33.1 Å². The van der Waals surface area contributed by atoms with Crippen LogP contribution in [-0.4, -0.2) is 30.2 Å². The lowest BCUT2D eigenvalue weighted by molar-refractivity contribution is 0.0695. The number of rotatable bonds is 6. The molecule has 1 aliphatic heterocycles. The van der Waals surface area contributed by atoms with Crippen LogP contribution in [0.4, 0.5) is 4.79 Å². The molecule has 0 aliphatic carbocycles. The summed E-state index contributed by atoms with van der Waals surface area (Å²) in [6, 6.07) is 0.429. The zero-order chi connectivity index (χ0) is 12.5. The number of ether oxygens (including phenoxy) is 1. The molecule has 0 aromatic rings. The molecule has 1 saturated heterocycles. The second-order valence-electron chi connectivity index (χ2n) is 4.95. The maximum Gasteiger partial charge on any atom is 0.410 e. The zero-order valence-electron chi connectivity index (χ0n) is 11.4. The van der Waals surface area contributed by atoms with Crippen molar-refractivity contribution in [3.63, 3.8) is 0 Å². The predicted octanol–water partition coefficient (Wildman–Crippen LogP) is 3.97. The van der Waals surface area contributed by atoms with Crippen molar-refractivity contribution >= 4 is 6.09 Å². The molecule has 0 N–H and O–H groups in total. The summed E-state index contributed by atoms with van der Waals surface area (Å²) >= 11 is 0. The molecule has 1 aliphatic rings. The highest BCUT2D eigenvalue weighted by atomic mass is 16.6. The normalized spacial score (nSPS) is 20.4. The molecule has 0 radical (unpaired) electrons. The van der Waals surface area contributed by atoms with Crippen molar-refractivity contribution in [3.8, 4) is 0 Å². The zero-order valence-corrected chi connectivity index (χ0v) is 11.4. The lowest BCUT2D eigenvalue weighted by Crippen LogP contribution is -2.44. The Balaban J connectivity index is 2.37. The first kappa shape index (κ1) is 14.3. The molecule has 17 heavy (non-hydrogen) atoms. The lowest BCUT2D eigenvalue weighted by Gasteiger charge is -2.35. The third-order valence-electron chi connectivity index (χ3n) is 3.48. The summed E-state index contributed by atoms with van der Waals surface area (Å²) in [5, 5.41) is 0. The summed E-state index contributed by atoms with van der Waals surface area (Å²) < 4.78 is 5.32. The van der Waals surface area contributed by atoms with E-state index in [1.807, 2.05) is 4.90 Å². The molecule has 1 fully saturated rings. The fourth-order valence-corrected chi connectivity index (χ4v) is 2.37. The predicted molar refractivity (Wildman–Crippen MR) is 70.1 cm³/mol. The Kier molecular flexibility index (Phi) is 7.06. The Morgan fingerprint density at radius 3 is 2.71 bits per heavy atom. The van der Waals surface area contributed by atoms with Gasteiger partial charge >= 0.3 is 6.09 Å². The van der Waals surface area contributed by atoms with Crippen LogP contribution in [0.3, 0.4) is 0 Å². The topological polar surface area (TPSA) is 29.5 Å². The van der Waals surface area contributed by atoms with Crippen LogP contribution in [0.15, 0.2) is 0 Å². The number of carbonyl (C=O) groups is 1. The van der Waals surface area contributed by atoms with Gasteiger partial charge in [0, 0.05) is 12.6 Å². The fourth-order valence-electron chi connectivity index (χ4n) is 2.37. The monoisotopic (exact) mass is 241 g/mol. The van der Waals surface area contributed by atoms with Crippen molar-refractivity contribution in [1.29, 1.82) is 0 Å². The molecule has 0 aromatic carbocycles. The highest BCUT2D eigenvalue weighted by Crippen LogP contribution is 2.22. The molecular weight excluding hydrogens is 214 g/mol. The van der Waals surface area contributed by atoms with Gasteiger partial charge in [-0.2, -0.15) is 0 Å². The van der Waals surface area contributed by atoms with Gasteiger partial charge < -0.3 is 9.64 Å². The maximum absolute atomic E-state index is 12.0. The first-order chi connectivity index (χ1) is 8.29. The molecule has 0 spiro atoms. The smallest absolute Gasteiger partial charge is 0.410 e. The number of amides is 1. The van der Waals surface area contributed by atoms with Crippen molar-refractivity contribution in [2.45, 2.75) is 71.3 Å². The summed E-state index contributed by atoms with van der Waals surface area (Å²) in [4.78, 5) is 13.9. The molecule has 3 nitrogen and oxygen atoms in total. The molecule has 1 rings (SSSR count). The van der Waals surface area contributed by atoms with Crippen LogP contribution in [0.5, 0.6) is 0 Å². The largest absolute Gasteiger partial charge is 0.449 e. The van der Waals surface area contributed by atoms with Crippen LogP contribution in [0.2, 0.25) is 0 Å². The molecule has 1 unspecified atom stereocenters. The van der Waals surface area contributed by atoms with E-state index in [0.717, 1.165) is 38.6 Å². The second-order valence-corrected chi connectivity index (χ2v) is 4.95. The molecular formula is C14H27NO2. The van der Waals surface area contributed by atoms with Gasteiger partial charge in [-0.05, 0) is 32.1 Å². The van der Waals surface area contributed by atoms with Gasteiger partial charge in [0.1, 0.15) is 0 Å². The number of carbonyl (C=O) groups excluding carboxylic acids is 1. The first-order valence-corrected chi connectivity index (χ1v) is 7.23. The van der Waals surface area contributed by atoms with Gasteiger partial charge in [-0.3, -0.25) is 0 Å². The van der Waals surface area contributed by atoms with Crippen LogP contribution in [0.25, 0.3) is 0 Å². The van der Waals surface area contributed by atoms with Crippen molar-refractivity contribution in [2.24, 2.45) is 0 Å². The van der Waals surface area contributed by atoms with Crippen LogP contribution < -0.4 is 0 Å². The Morgan fingerprint density at radius 2 is 2.00 bits per heavy atom. The highest BCUT2D eigenvalue weighted by molar-refractivity contribution is 5.68. The molecule has 1 heterocycles. The quantitative estimate of drug-likeness (QED) is 0.659. The number of likely N-dealkylation sites (tertiary alicyclic amines) is 1. The van der Waals surface area contributed by atoms with E-state index < -0.39 is 0 Å². The highest BCUT2D eigenvalue weighted by Gasteiger charge is 2.26.